The molecule has 160 valence electrons. The van der Waals surface area contributed by atoms with Crippen molar-refractivity contribution in [2.45, 2.75) is 45.6 Å². The van der Waals surface area contributed by atoms with Crippen LogP contribution in [0.5, 0.6) is 0 Å². The summed E-state index contributed by atoms with van der Waals surface area (Å²) in [5.74, 6) is -2.45. The van der Waals surface area contributed by atoms with Gasteiger partial charge >= 0.3 is 5.92 Å². The number of hydrogen-bond acceptors (Lipinski definition) is 5. The molecule has 0 saturated heterocycles. The number of benzene rings is 2. The molecule has 0 amide bonds. The molecular formula is C22H23F2N7. The minimum atomic E-state index is -3.07. The largest absolute Gasteiger partial charge is 0.305 e. The lowest BCUT2D eigenvalue weighted by Crippen LogP contribution is -2.13. The lowest BCUT2D eigenvalue weighted by atomic mass is 9.98. The number of nitrogens with zero attached hydrogens (tertiary/aromatic N) is 6. The summed E-state index contributed by atoms with van der Waals surface area (Å²) in [7, 11) is 0. The molecule has 0 aliphatic heterocycles. The van der Waals surface area contributed by atoms with Crippen molar-refractivity contribution in [2.75, 3.05) is 0 Å². The van der Waals surface area contributed by atoms with Crippen LogP contribution < -0.4 is 0 Å². The third-order valence-electron chi connectivity index (χ3n) is 5.24. The number of alkyl halides is 2. The van der Waals surface area contributed by atoms with Crippen LogP contribution in [0.15, 0.2) is 48.5 Å². The summed E-state index contributed by atoms with van der Waals surface area (Å²) in [4.78, 5) is 4.15. The van der Waals surface area contributed by atoms with Gasteiger partial charge in [0.1, 0.15) is 5.82 Å². The fourth-order valence-electron chi connectivity index (χ4n) is 3.38. The van der Waals surface area contributed by atoms with Gasteiger partial charge in [-0.1, -0.05) is 55.5 Å². The van der Waals surface area contributed by atoms with Gasteiger partial charge in [-0.05, 0) is 35.2 Å². The summed E-state index contributed by atoms with van der Waals surface area (Å²) >= 11 is 0. The molecule has 0 fully saturated rings. The first-order chi connectivity index (χ1) is 14.9. The average Bonchev–Trinajstić information content (AvgIpc) is 3.44. The molecule has 1 atom stereocenters. The molecule has 4 rings (SSSR count). The van der Waals surface area contributed by atoms with Crippen molar-refractivity contribution in [3.05, 3.63) is 65.7 Å². The van der Waals surface area contributed by atoms with E-state index in [9.17, 15) is 8.78 Å². The van der Waals surface area contributed by atoms with E-state index in [1.54, 1.807) is 4.68 Å². The Bertz CT molecular complexity index is 1150. The number of aromatic nitrogens is 7. The van der Waals surface area contributed by atoms with Gasteiger partial charge in [-0.3, -0.25) is 0 Å². The Hall–Kier alpha value is -3.49. The van der Waals surface area contributed by atoms with Crippen molar-refractivity contribution in [1.29, 1.82) is 0 Å². The molecule has 1 N–H and O–H groups in total. The molecule has 2 aromatic heterocycles. The zero-order chi connectivity index (χ0) is 22.0. The Morgan fingerprint density at radius 2 is 1.77 bits per heavy atom. The summed E-state index contributed by atoms with van der Waals surface area (Å²) in [5.41, 5.74) is 3.80. The summed E-state index contributed by atoms with van der Waals surface area (Å²) < 4.78 is 29.2. The molecule has 0 spiro atoms. The Balaban J connectivity index is 1.63. The highest BCUT2D eigenvalue weighted by molar-refractivity contribution is 5.80. The zero-order valence-electron chi connectivity index (χ0n) is 17.5. The molecule has 31 heavy (non-hydrogen) atoms. The Labute approximate surface area is 178 Å². The number of halogens is 2. The number of rotatable bonds is 7. The Morgan fingerprint density at radius 3 is 2.39 bits per heavy atom. The van der Waals surface area contributed by atoms with Crippen LogP contribution in [0.3, 0.4) is 0 Å². The molecule has 1 unspecified atom stereocenters. The zero-order valence-corrected chi connectivity index (χ0v) is 17.5. The van der Waals surface area contributed by atoms with E-state index in [0.717, 1.165) is 35.6 Å². The van der Waals surface area contributed by atoms with E-state index in [0.29, 0.717) is 18.1 Å². The molecular weight excluding hydrogens is 400 g/mol. The number of nitrogens with one attached hydrogen (secondary N) is 1. The van der Waals surface area contributed by atoms with Crippen LogP contribution in [0.25, 0.3) is 22.5 Å². The van der Waals surface area contributed by atoms with Crippen LogP contribution in [0, 0.1) is 0 Å². The first-order valence-corrected chi connectivity index (χ1v) is 10.1. The first-order valence-electron chi connectivity index (χ1n) is 10.1. The van der Waals surface area contributed by atoms with Crippen molar-refractivity contribution >= 4 is 0 Å². The van der Waals surface area contributed by atoms with Crippen LogP contribution in [-0.4, -0.2) is 35.4 Å². The van der Waals surface area contributed by atoms with Crippen molar-refractivity contribution < 1.29 is 8.78 Å². The number of H-pyrrole nitrogens is 1. The van der Waals surface area contributed by atoms with E-state index >= 15 is 0 Å². The molecule has 4 aromatic rings. The summed E-state index contributed by atoms with van der Waals surface area (Å²) in [5, 5.41) is 18.4. The predicted octanol–water partition coefficient (Wildman–Crippen LogP) is 4.80. The van der Waals surface area contributed by atoms with Crippen molar-refractivity contribution in [3.63, 3.8) is 0 Å². The SMILES string of the molecule is CCC(C)n1nc(C(C)(F)F)nc1Cc1ccc(-c2ccccc2-c2nn[nH]n2)cc1. The Kier molecular flexibility index (Phi) is 5.58. The number of hydrogen-bond donors (Lipinski definition) is 1. The van der Waals surface area contributed by atoms with Gasteiger partial charge in [-0.25, -0.2) is 9.67 Å². The van der Waals surface area contributed by atoms with E-state index in [4.69, 9.17) is 0 Å². The van der Waals surface area contributed by atoms with E-state index in [1.807, 2.05) is 62.4 Å². The standard InChI is InChI=1S/C22H23F2N7/c1-4-14(2)31-19(25-21(28-31)22(3,23)24)13-15-9-11-16(12-10-15)17-7-5-6-8-18(17)20-26-29-30-27-20/h5-12,14H,4,13H2,1-3H3,(H,26,27,29,30). The first kappa shape index (κ1) is 20.8. The van der Waals surface area contributed by atoms with Crippen molar-refractivity contribution in [3.8, 4) is 22.5 Å². The smallest absolute Gasteiger partial charge is 0.246 e. The van der Waals surface area contributed by atoms with Gasteiger partial charge in [0.05, 0.1) is 6.04 Å². The van der Waals surface area contributed by atoms with Gasteiger partial charge in [0.15, 0.2) is 0 Å². The van der Waals surface area contributed by atoms with E-state index in [-0.39, 0.29) is 6.04 Å². The van der Waals surface area contributed by atoms with Crippen LogP contribution in [-0.2, 0) is 12.3 Å². The van der Waals surface area contributed by atoms with Crippen molar-refractivity contribution in [1.82, 2.24) is 35.4 Å². The molecule has 7 nitrogen and oxygen atoms in total. The van der Waals surface area contributed by atoms with Gasteiger partial charge < -0.3 is 0 Å². The van der Waals surface area contributed by atoms with Gasteiger partial charge in [-0.15, -0.1) is 15.3 Å². The maximum atomic E-state index is 13.8. The van der Waals surface area contributed by atoms with E-state index < -0.39 is 11.7 Å². The average molecular weight is 423 g/mol. The molecule has 0 aliphatic carbocycles. The number of aromatic amines is 1. The van der Waals surface area contributed by atoms with Gasteiger partial charge in [0, 0.05) is 18.9 Å². The Morgan fingerprint density at radius 1 is 1.06 bits per heavy atom. The molecule has 2 aromatic carbocycles. The quantitative estimate of drug-likeness (QED) is 0.462. The normalized spacial score (nSPS) is 12.8. The van der Waals surface area contributed by atoms with Crippen LogP contribution >= 0.6 is 0 Å². The fraction of sp³-hybridized carbons (Fsp3) is 0.318. The highest BCUT2D eigenvalue weighted by Crippen LogP contribution is 2.30. The highest BCUT2D eigenvalue weighted by atomic mass is 19.3. The third-order valence-corrected chi connectivity index (χ3v) is 5.24. The molecule has 0 radical (unpaired) electrons. The summed E-state index contributed by atoms with van der Waals surface area (Å²) in [6.45, 7) is 4.77. The van der Waals surface area contributed by atoms with Crippen LogP contribution in [0.4, 0.5) is 8.78 Å². The topological polar surface area (TPSA) is 85.2 Å². The lowest BCUT2D eigenvalue weighted by molar-refractivity contribution is 0.00739. The monoisotopic (exact) mass is 423 g/mol. The molecule has 9 heteroatoms. The maximum Gasteiger partial charge on any atom is 0.305 e. The molecule has 2 heterocycles. The molecule has 0 bridgehead atoms. The molecule has 0 aliphatic rings. The second-order valence-corrected chi connectivity index (χ2v) is 7.60. The molecule has 0 saturated carbocycles. The van der Waals surface area contributed by atoms with Crippen molar-refractivity contribution in [2.24, 2.45) is 0 Å². The minimum absolute atomic E-state index is 0.0142. The fourth-order valence-corrected chi connectivity index (χ4v) is 3.38. The minimum Gasteiger partial charge on any atom is -0.246 e. The lowest BCUT2D eigenvalue weighted by Gasteiger charge is -2.13. The summed E-state index contributed by atoms with van der Waals surface area (Å²) in [6.07, 6.45) is 1.19. The van der Waals surface area contributed by atoms with Gasteiger partial charge in [0.25, 0.3) is 0 Å². The second-order valence-electron chi connectivity index (χ2n) is 7.60. The van der Waals surface area contributed by atoms with E-state index in [2.05, 4.69) is 30.7 Å². The van der Waals surface area contributed by atoms with Crippen LogP contribution in [0.2, 0.25) is 0 Å². The van der Waals surface area contributed by atoms with Gasteiger partial charge in [-0.2, -0.15) is 14.0 Å². The summed E-state index contributed by atoms with van der Waals surface area (Å²) in [6, 6.07) is 15.7. The predicted molar refractivity (Wildman–Crippen MR) is 112 cm³/mol. The van der Waals surface area contributed by atoms with Crippen LogP contribution in [0.1, 0.15) is 50.4 Å². The second kappa shape index (κ2) is 8.33. The number of tetrazole rings is 1. The van der Waals surface area contributed by atoms with Gasteiger partial charge in [0.2, 0.25) is 11.6 Å². The van der Waals surface area contributed by atoms with E-state index in [1.165, 1.54) is 0 Å². The highest BCUT2D eigenvalue weighted by Gasteiger charge is 2.31. The third kappa shape index (κ3) is 4.35. The maximum absolute atomic E-state index is 13.8.